The Kier molecular flexibility index (Phi) is 5.45. The summed E-state index contributed by atoms with van der Waals surface area (Å²) in [6.45, 7) is 5.08. The monoisotopic (exact) mass is 410 g/mol. The first-order chi connectivity index (χ1) is 14.0. The van der Waals surface area contributed by atoms with Gasteiger partial charge in [-0.25, -0.2) is 9.78 Å². The quantitative estimate of drug-likeness (QED) is 0.766. The van der Waals surface area contributed by atoms with Gasteiger partial charge in [-0.15, -0.1) is 0 Å². The van der Waals surface area contributed by atoms with Crippen LogP contribution in [-0.4, -0.2) is 30.2 Å². The Labute approximate surface area is 175 Å². The zero-order valence-corrected chi connectivity index (χ0v) is 17.2. The molecule has 2 aliphatic heterocycles. The molecular weight excluding hydrogens is 388 g/mol. The first kappa shape index (κ1) is 19.3. The minimum absolute atomic E-state index is 0.155. The number of fused-ring (bicyclic) bond motifs is 1. The largest absolute Gasteiger partial charge is 0.490 e. The summed E-state index contributed by atoms with van der Waals surface area (Å²) in [6, 6.07) is 11.2. The summed E-state index contributed by atoms with van der Waals surface area (Å²) in [5.74, 6) is 1.11. The number of carbonyl (C=O) groups excluding carboxylic acids is 1. The predicted octanol–water partition coefficient (Wildman–Crippen LogP) is 4.48. The number of benzene rings is 1. The third kappa shape index (κ3) is 4.38. The molecule has 0 saturated heterocycles. The van der Waals surface area contributed by atoms with Gasteiger partial charge in [0.2, 0.25) is 0 Å². The van der Waals surface area contributed by atoms with Crippen molar-refractivity contribution in [2.24, 2.45) is 0 Å². The van der Waals surface area contributed by atoms with Crippen molar-refractivity contribution in [3.63, 3.8) is 0 Å². The van der Waals surface area contributed by atoms with E-state index in [4.69, 9.17) is 21.3 Å². The maximum absolute atomic E-state index is 13.1. The van der Waals surface area contributed by atoms with Gasteiger partial charge in [0.15, 0.2) is 11.6 Å². The molecule has 1 unspecified atom stereocenters. The molecule has 6 nitrogen and oxygen atoms in total. The first-order valence-electron chi connectivity index (χ1n) is 9.64. The molecule has 2 aromatic rings. The summed E-state index contributed by atoms with van der Waals surface area (Å²) in [7, 11) is 0. The van der Waals surface area contributed by atoms with Gasteiger partial charge in [0, 0.05) is 34.6 Å². The lowest BCUT2D eigenvalue weighted by atomic mass is 10.1. The van der Waals surface area contributed by atoms with E-state index in [1.165, 1.54) is 0 Å². The van der Waals surface area contributed by atoms with Crippen LogP contribution in [0, 0.1) is 0 Å². The maximum Gasteiger partial charge on any atom is 0.327 e. The van der Waals surface area contributed by atoms with Crippen LogP contribution >= 0.6 is 11.6 Å². The van der Waals surface area contributed by atoms with Crippen molar-refractivity contribution < 1.29 is 9.53 Å². The third-order valence-corrected chi connectivity index (χ3v) is 4.99. The van der Waals surface area contributed by atoms with E-state index >= 15 is 0 Å². The van der Waals surface area contributed by atoms with E-state index in [0.717, 1.165) is 29.1 Å². The van der Waals surface area contributed by atoms with E-state index in [1.54, 1.807) is 4.90 Å². The van der Waals surface area contributed by atoms with Gasteiger partial charge in [-0.1, -0.05) is 23.7 Å². The van der Waals surface area contributed by atoms with Gasteiger partial charge >= 0.3 is 6.03 Å². The molecule has 1 aromatic heterocycles. The van der Waals surface area contributed by atoms with Crippen LogP contribution in [-0.2, 0) is 0 Å². The summed E-state index contributed by atoms with van der Waals surface area (Å²) >= 11 is 6.13. The number of dihydropyridines is 1. The second-order valence-corrected chi connectivity index (χ2v) is 7.63. The van der Waals surface area contributed by atoms with Crippen LogP contribution < -0.4 is 20.3 Å². The summed E-state index contributed by atoms with van der Waals surface area (Å²) < 4.78 is 5.82. The van der Waals surface area contributed by atoms with Crippen LogP contribution in [0.5, 0.6) is 5.75 Å². The molecular formula is C22H23ClN4O2. The Morgan fingerprint density at radius 3 is 3.00 bits per heavy atom. The van der Waals surface area contributed by atoms with Crippen LogP contribution in [0.3, 0.4) is 0 Å². The van der Waals surface area contributed by atoms with Gasteiger partial charge in [0.05, 0.1) is 12.3 Å². The Morgan fingerprint density at radius 2 is 2.21 bits per heavy atom. The van der Waals surface area contributed by atoms with Gasteiger partial charge < -0.3 is 15.4 Å². The molecule has 1 atom stereocenters. The highest BCUT2D eigenvalue weighted by molar-refractivity contribution is 6.30. The topological polar surface area (TPSA) is 66.5 Å². The van der Waals surface area contributed by atoms with Gasteiger partial charge in [-0.05, 0) is 56.7 Å². The van der Waals surface area contributed by atoms with Crippen molar-refractivity contribution in [2.45, 2.75) is 26.3 Å². The Balaban J connectivity index is 1.65. The molecule has 4 rings (SSSR count). The van der Waals surface area contributed by atoms with Crippen LogP contribution in [0.15, 0.2) is 59.9 Å². The predicted molar refractivity (Wildman–Crippen MR) is 115 cm³/mol. The highest BCUT2D eigenvalue weighted by atomic mass is 35.5. The number of nitrogens with one attached hydrogen (secondary N) is 2. The molecule has 2 aliphatic rings. The molecule has 1 aromatic carbocycles. The van der Waals surface area contributed by atoms with E-state index in [9.17, 15) is 4.79 Å². The maximum atomic E-state index is 13.1. The molecule has 0 fully saturated rings. The minimum Gasteiger partial charge on any atom is -0.490 e. The van der Waals surface area contributed by atoms with E-state index in [0.29, 0.717) is 29.7 Å². The Bertz CT molecular complexity index is 1000. The number of amides is 2. The summed E-state index contributed by atoms with van der Waals surface area (Å²) in [5.41, 5.74) is 3.41. The minimum atomic E-state index is -0.225. The van der Waals surface area contributed by atoms with E-state index in [2.05, 4.69) is 10.6 Å². The zero-order valence-electron chi connectivity index (χ0n) is 16.4. The fourth-order valence-corrected chi connectivity index (χ4v) is 3.71. The molecule has 29 heavy (non-hydrogen) atoms. The highest BCUT2D eigenvalue weighted by Gasteiger charge is 2.25. The number of pyridine rings is 1. The molecule has 0 bridgehead atoms. The number of carbonyl (C=O) groups is 1. The number of hydrogen-bond donors (Lipinski definition) is 2. The van der Waals surface area contributed by atoms with Crippen molar-refractivity contribution in [3.8, 4) is 17.0 Å². The van der Waals surface area contributed by atoms with Gasteiger partial charge in [-0.2, -0.15) is 0 Å². The second-order valence-electron chi connectivity index (χ2n) is 7.19. The molecule has 0 radical (unpaired) electrons. The lowest BCUT2D eigenvalue weighted by Gasteiger charge is -2.24. The third-order valence-electron chi connectivity index (χ3n) is 4.75. The molecule has 0 saturated carbocycles. The number of urea groups is 1. The zero-order chi connectivity index (χ0) is 20.4. The Morgan fingerprint density at radius 1 is 1.34 bits per heavy atom. The van der Waals surface area contributed by atoms with Crippen LogP contribution in [0.2, 0.25) is 5.02 Å². The lowest BCUT2D eigenvalue weighted by molar-refractivity contribution is 0.248. The van der Waals surface area contributed by atoms with Crippen molar-refractivity contribution in [3.05, 3.63) is 65.0 Å². The normalized spacial score (nSPS) is 18.4. The number of rotatable bonds is 2. The summed E-state index contributed by atoms with van der Waals surface area (Å²) in [5, 5.41) is 6.93. The van der Waals surface area contributed by atoms with Crippen molar-refractivity contribution in [2.75, 3.05) is 18.1 Å². The number of allylic oxidation sites excluding steroid dienone is 2. The van der Waals surface area contributed by atoms with Crippen molar-refractivity contribution in [1.82, 2.24) is 15.6 Å². The fraction of sp³-hybridized carbons (Fsp3) is 0.273. The van der Waals surface area contributed by atoms with Gasteiger partial charge in [-0.3, -0.25) is 4.90 Å². The number of anilines is 1. The van der Waals surface area contributed by atoms with E-state index in [1.807, 2.05) is 62.4 Å². The molecule has 0 spiro atoms. The smallest absolute Gasteiger partial charge is 0.327 e. The molecule has 150 valence electrons. The molecule has 2 amide bonds. The molecule has 2 N–H and O–H groups in total. The van der Waals surface area contributed by atoms with Gasteiger partial charge in [0.25, 0.3) is 0 Å². The lowest BCUT2D eigenvalue weighted by Crippen LogP contribution is -2.41. The highest BCUT2D eigenvalue weighted by Crippen LogP contribution is 2.33. The second kappa shape index (κ2) is 8.17. The van der Waals surface area contributed by atoms with Crippen LogP contribution in [0.4, 0.5) is 10.6 Å². The van der Waals surface area contributed by atoms with E-state index < -0.39 is 0 Å². The number of hydrogen-bond acceptors (Lipinski definition) is 4. The van der Waals surface area contributed by atoms with E-state index in [-0.39, 0.29) is 12.1 Å². The number of nitrogens with zero attached hydrogens (tertiary/aromatic N) is 2. The first-order valence-corrected chi connectivity index (χ1v) is 10.0. The average Bonchev–Trinajstić information content (AvgIpc) is 2.89. The Hall–Kier alpha value is -2.99. The SMILES string of the molecule is CC1=CC(NC(=O)N2CCCOc3ccc(-c4cccc(Cl)c4)nc32)=CC(C)N1. The standard InChI is InChI=1S/C22H23ClN4O2/c1-14-11-18(12-15(2)24-14)25-22(28)27-9-4-10-29-20-8-7-19(26-21(20)27)16-5-3-6-17(23)13-16/h3,5-8,11-14,24H,4,9-10H2,1-2H3,(H,25,28). The molecule has 7 heteroatoms. The fourth-order valence-electron chi connectivity index (χ4n) is 3.52. The summed E-state index contributed by atoms with van der Waals surface area (Å²) in [4.78, 5) is 19.5. The number of aromatic nitrogens is 1. The van der Waals surface area contributed by atoms with Crippen LogP contribution in [0.1, 0.15) is 20.3 Å². The molecule has 0 aliphatic carbocycles. The van der Waals surface area contributed by atoms with Gasteiger partial charge in [0.1, 0.15) is 0 Å². The number of ether oxygens (including phenoxy) is 1. The van der Waals surface area contributed by atoms with Crippen molar-refractivity contribution in [1.29, 1.82) is 0 Å². The average molecular weight is 411 g/mol. The molecule has 3 heterocycles. The summed E-state index contributed by atoms with van der Waals surface area (Å²) in [6.07, 6.45) is 4.63. The van der Waals surface area contributed by atoms with Crippen molar-refractivity contribution >= 4 is 23.4 Å². The number of halogens is 1. The van der Waals surface area contributed by atoms with Crippen LogP contribution in [0.25, 0.3) is 11.3 Å².